The Hall–Kier alpha value is -0.0800. The van der Waals surface area contributed by atoms with Gasteiger partial charge in [-0.3, -0.25) is 0 Å². The summed E-state index contributed by atoms with van der Waals surface area (Å²) in [7, 11) is 0. The molecule has 1 aliphatic carbocycles. The highest BCUT2D eigenvalue weighted by Crippen LogP contribution is 2.44. The van der Waals surface area contributed by atoms with Crippen LogP contribution in [-0.2, 0) is 0 Å². The summed E-state index contributed by atoms with van der Waals surface area (Å²) in [5, 5.41) is 0. The van der Waals surface area contributed by atoms with Crippen molar-refractivity contribution < 1.29 is 0 Å². The van der Waals surface area contributed by atoms with E-state index in [4.69, 9.17) is 5.73 Å². The van der Waals surface area contributed by atoms with Crippen molar-refractivity contribution in [3.63, 3.8) is 0 Å². The Labute approximate surface area is 126 Å². The molecule has 118 valence electrons. The molecule has 0 amide bonds. The Morgan fingerprint density at radius 3 is 2.20 bits per heavy atom. The summed E-state index contributed by atoms with van der Waals surface area (Å²) in [6, 6.07) is 0.378. The normalized spacial score (nSPS) is 26.6. The number of hydrogen-bond donors (Lipinski definition) is 1. The van der Waals surface area contributed by atoms with Gasteiger partial charge in [-0.2, -0.15) is 0 Å². The van der Waals surface area contributed by atoms with E-state index in [0.29, 0.717) is 6.04 Å². The fourth-order valence-corrected chi connectivity index (χ4v) is 4.33. The van der Waals surface area contributed by atoms with Crippen molar-refractivity contribution in [1.29, 1.82) is 0 Å². The quantitative estimate of drug-likeness (QED) is 0.790. The van der Waals surface area contributed by atoms with Crippen molar-refractivity contribution in [2.75, 3.05) is 19.6 Å². The topological polar surface area (TPSA) is 29.3 Å². The molecule has 2 fully saturated rings. The van der Waals surface area contributed by atoms with E-state index >= 15 is 0 Å². The second-order valence-electron chi connectivity index (χ2n) is 7.87. The Kier molecular flexibility index (Phi) is 6.35. The Morgan fingerprint density at radius 1 is 0.950 bits per heavy atom. The van der Waals surface area contributed by atoms with E-state index in [1.807, 2.05) is 0 Å². The lowest BCUT2D eigenvalue weighted by atomic mass is 9.68. The minimum absolute atomic E-state index is 0.378. The zero-order valence-electron chi connectivity index (χ0n) is 13.9. The summed E-state index contributed by atoms with van der Waals surface area (Å²) in [6.07, 6.45) is 14.3. The molecule has 1 aliphatic heterocycles. The zero-order valence-corrected chi connectivity index (χ0v) is 13.9. The molecule has 0 aromatic rings. The van der Waals surface area contributed by atoms with Gasteiger partial charge in [-0.15, -0.1) is 0 Å². The van der Waals surface area contributed by atoms with E-state index in [9.17, 15) is 0 Å². The molecule has 0 radical (unpaired) electrons. The SMILES string of the molecule is CC(N)CCCC(C)CN1CCC2(CCCCC2)CC1. The van der Waals surface area contributed by atoms with Gasteiger partial charge in [0.25, 0.3) is 0 Å². The van der Waals surface area contributed by atoms with Gasteiger partial charge in [0.15, 0.2) is 0 Å². The molecule has 1 heterocycles. The maximum Gasteiger partial charge on any atom is 0.00104 e. The van der Waals surface area contributed by atoms with Crippen LogP contribution < -0.4 is 5.73 Å². The second kappa shape index (κ2) is 7.79. The summed E-state index contributed by atoms with van der Waals surface area (Å²) in [5.74, 6) is 0.842. The van der Waals surface area contributed by atoms with Crippen LogP contribution in [0.3, 0.4) is 0 Å². The summed E-state index contributed by atoms with van der Waals surface area (Å²) in [4.78, 5) is 2.73. The third-order valence-corrected chi connectivity index (χ3v) is 5.76. The zero-order chi connectivity index (χ0) is 14.4. The van der Waals surface area contributed by atoms with Gasteiger partial charge in [0.2, 0.25) is 0 Å². The van der Waals surface area contributed by atoms with Crippen molar-refractivity contribution in [3.8, 4) is 0 Å². The first-order valence-electron chi connectivity index (χ1n) is 9.08. The molecular formula is C18H36N2. The molecule has 2 N–H and O–H groups in total. The van der Waals surface area contributed by atoms with E-state index in [1.54, 1.807) is 0 Å². The van der Waals surface area contributed by atoms with Crippen molar-refractivity contribution in [2.24, 2.45) is 17.1 Å². The Bertz CT molecular complexity index is 259. The monoisotopic (exact) mass is 280 g/mol. The van der Waals surface area contributed by atoms with Crippen LogP contribution in [0, 0.1) is 11.3 Å². The lowest BCUT2D eigenvalue weighted by Crippen LogP contribution is -2.42. The molecule has 20 heavy (non-hydrogen) atoms. The summed E-state index contributed by atoms with van der Waals surface area (Å²) >= 11 is 0. The first-order chi connectivity index (χ1) is 9.60. The summed E-state index contributed by atoms with van der Waals surface area (Å²) in [6.45, 7) is 8.58. The first kappa shape index (κ1) is 16.3. The van der Waals surface area contributed by atoms with E-state index in [-0.39, 0.29) is 0 Å². The Balaban J connectivity index is 1.63. The number of likely N-dealkylation sites (tertiary alicyclic amines) is 1. The van der Waals surface area contributed by atoms with Crippen molar-refractivity contribution >= 4 is 0 Å². The highest BCUT2D eigenvalue weighted by Gasteiger charge is 2.35. The second-order valence-corrected chi connectivity index (χ2v) is 7.87. The maximum absolute atomic E-state index is 5.83. The number of rotatable bonds is 6. The van der Waals surface area contributed by atoms with Crippen LogP contribution in [-0.4, -0.2) is 30.6 Å². The minimum Gasteiger partial charge on any atom is -0.328 e. The lowest BCUT2D eigenvalue weighted by molar-refractivity contribution is 0.0601. The molecule has 0 aromatic carbocycles. The molecule has 2 rings (SSSR count). The van der Waals surface area contributed by atoms with Crippen LogP contribution in [0.25, 0.3) is 0 Å². The average Bonchev–Trinajstić information content (AvgIpc) is 2.42. The molecule has 2 heteroatoms. The molecule has 1 spiro atoms. The van der Waals surface area contributed by atoms with E-state index < -0.39 is 0 Å². The molecule has 2 unspecified atom stereocenters. The van der Waals surface area contributed by atoms with Gasteiger partial charge in [0.05, 0.1) is 0 Å². The number of nitrogens with zero attached hydrogens (tertiary/aromatic N) is 1. The van der Waals surface area contributed by atoms with Crippen LogP contribution in [0.1, 0.15) is 78.1 Å². The highest BCUT2D eigenvalue weighted by molar-refractivity contribution is 4.88. The van der Waals surface area contributed by atoms with Gasteiger partial charge in [0, 0.05) is 12.6 Å². The summed E-state index contributed by atoms with van der Waals surface area (Å²) < 4.78 is 0. The Morgan fingerprint density at radius 2 is 1.60 bits per heavy atom. The molecule has 0 aromatic heterocycles. The first-order valence-corrected chi connectivity index (χ1v) is 9.08. The van der Waals surface area contributed by atoms with Crippen molar-refractivity contribution in [2.45, 2.75) is 84.1 Å². The largest absolute Gasteiger partial charge is 0.328 e. The van der Waals surface area contributed by atoms with E-state index in [0.717, 1.165) is 11.3 Å². The van der Waals surface area contributed by atoms with Crippen molar-refractivity contribution in [3.05, 3.63) is 0 Å². The van der Waals surface area contributed by atoms with Crippen LogP contribution in [0.4, 0.5) is 0 Å². The molecule has 0 bridgehead atoms. The fraction of sp³-hybridized carbons (Fsp3) is 1.00. The van der Waals surface area contributed by atoms with Gasteiger partial charge >= 0.3 is 0 Å². The summed E-state index contributed by atoms with van der Waals surface area (Å²) in [5.41, 5.74) is 6.59. The van der Waals surface area contributed by atoms with E-state index in [2.05, 4.69) is 18.7 Å². The predicted octanol–water partition coefficient (Wildman–Crippen LogP) is 4.19. The highest BCUT2D eigenvalue weighted by atomic mass is 15.1. The standard InChI is InChI=1S/C18H36N2/c1-16(7-6-8-17(2)19)15-20-13-11-18(12-14-20)9-4-3-5-10-18/h16-17H,3-15,19H2,1-2H3. The third-order valence-electron chi connectivity index (χ3n) is 5.76. The van der Waals surface area contributed by atoms with Crippen LogP contribution in [0.15, 0.2) is 0 Å². The molecule has 2 nitrogen and oxygen atoms in total. The van der Waals surface area contributed by atoms with Crippen LogP contribution >= 0.6 is 0 Å². The molecule has 2 aliphatic rings. The van der Waals surface area contributed by atoms with Crippen molar-refractivity contribution in [1.82, 2.24) is 4.90 Å². The molecule has 1 saturated carbocycles. The number of hydrogen-bond acceptors (Lipinski definition) is 2. The number of piperidine rings is 1. The van der Waals surface area contributed by atoms with Gasteiger partial charge in [-0.05, 0) is 69.9 Å². The van der Waals surface area contributed by atoms with Gasteiger partial charge < -0.3 is 10.6 Å². The van der Waals surface area contributed by atoms with E-state index in [1.165, 1.54) is 83.8 Å². The minimum atomic E-state index is 0.378. The smallest absolute Gasteiger partial charge is 0.00104 e. The molecule has 2 atom stereocenters. The lowest BCUT2D eigenvalue weighted by Gasteiger charge is -2.45. The van der Waals surface area contributed by atoms with Gasteiger partial charge in [0.1, 0.15) is 0 Å². The van der Waals surface area contributed by atoms with Gasteiger partial charge in [-0.1, -0.05) is 32.6 Å². The van der Waals surface area contributed by atoms with Crippen LogP contribution in [0.5, 0.6) is 0 Å². The average molecular weight is 280 g/mol. The van der Waals surface area contributed by atoms with Crippen LogP contribution in [0.2, 0.25) is 0 Å². The third kappa shape index (κ3) is 5.04. The molecular weight excluding hydrogens is 244 g/mol. The molecule has 1 saturated heterocycles. The number of nitrogens with two attached hydrogens (primary N) is 1. The fourth-order valence-electron chi connectivity index (χ4n) is 4.33. The predicted molar refractivity (Wildman–Crippen MR) is 87.9 cm³/mol. The van der Waals surface area contributed by atoms with Gasteiger partial charge in [-0.25, -0.2) is 0 Å². The maximum atomic E-state index is 5.83.